The standard InChI is InChI=1S/C14H18F3NO9/c1-5(19)24-4-8-10(25-6(2)20)11(26-7(3)21)9(12(22)27-8)18-13(23)14(15,16)17/h8-12,22H,4H2,1-3H3,(H,18,23)/t8?,9?,10-,11-,12-/m0/s1. The van der Waals surface area contributed by atoms with Crippen molar-refractivity contribution >= 4 is 23.8 Å². The van der Waals surface area contributed by atoms with Crippen LogP contribution in [0.1, 0.15) is 20.8 Å². The van der Waals surface area contributed by atoms with Crippen LogP contribution in [-0.2, 0) is 38.1 Å². The fourth-order valence-corrected chi connectivity index (χ4v) is 2.31. The van der Waals surface area contributed by atoms with E-state index in [2.05, 4.69) is 0 Å². The lowest BCUT2D eigenvalue weighted by atomic mass is 9.96. The van der Waals surface area contributed by atoms with Gasteiger partial charge in [-0.15, -0.1) is 0 Å². The van der Waals surface area contributed by atoms with E-state index in [1.165, 1.54) is 5.32 Å². The minimum Gasteiger partial charge on any atom is -0.463 e. The number of ether oxygens (including phenoxy) is 4. The first kappa shape index (κ1) is 22.6. The molecule has 0 spiro atoms. The van der Waals surface area contributed by atoms with E-state index < -0.39 is 67.2 Å². The molecule has 1 saturated heterocycles. The summed E-state index contributed by atoms with van der Waals surface area (Å²) in [6.45, 7) is 2.36. The van der Waals surface area contributed by atoms with Crippen LogP contribution in [0.4, 0.5) is 13.2 Å². The van der Waals surface area contributed by atoms with Gasteiger partial charge in [0.15, 0.2) is 18.5 Å². The van der Waals surface area contributed by atoms with Crippen molar-refractivity contribution in [3.05, 3.63) is 0 Å². The van der Waals surface area contributed by atoms with Crippen molar-refractivity contribution in [3.63, 3.8) is 0 Å². The number of hydrogen-bond donors (Lipinski definition) is 2. The molecule has 2 N–H and O–H groups in total. The van der Waals surface area contributed by atoms with Crippen LogP contribution >= 0.6 is 0 Å². The fourth-order valence-electron chi connectivity index (χ4n) is 2.31. The van der Waals surface area contributed by atoms with Crippen LogP contribution in [0.3, 0.4) is 0 Å². The predicted octanol–water partition coefficient (Wildman–Crippen LogP) is -0.823. The first-order valence-electron chi connectivity index (χ1n) is 7.52. The molecule has 0 aromatic rings. The van der Waals surface area contributed by atoms with E-state index in [4.69, 9.17) is 18.9 Å². The van der Waals surface area contributed by atoms with Gasteiger partial charge in [0.05, 0.1) is 0 Å². The van der Waals surface area contributed by atoms with Gasteiger partial charge in [-0.25, -0.2) is 0 Å². The zero-order valence-electron chi connectivity index (χ0n) is 14.4. The van der Waals surface area contributed by atoms with Crippen molar-refractivity contribution in [1.29, 1.82) is 0 Å². The Morgan fingerprint density at radius 3 is 1.96 bits per heavy atom. The Balaban J connectivity index is 3.18. The van der Waals surface area contributed by atoms with Gasteiger partial charge in [0.2, 0.25) is 0 Å². The molecule has 1 aliphatic rings. The molecule has 0 aliphatic carbocycles. The number of nitrogens with one attached hydrogen (secondary N) is 1. The highest BCUT2D eigenvalue weighted by Crippen LogP contribution is 2.27. The summed E-state index contributed by atoms with van der Waals surface area (Å²) in [4.78, 5) is 44.9. The maximum atomic E-state index is 12.5. The largest absolute Gasteiger partial charge is 0.471 e. The number of halogens is 3. The predicted molar refractivity (Wildman–Crippen MR) is 76.6 cm³/mol. The summed E-state index contributed by atoms with van der Waals surface area (Å²) >= 11 is 0. The van der Waals surface area contributed by atoms with Crippen molar-refractivity contribution in [1.82, 2.24) is 5.32 Å². The topological polar surface area (TPSA) is 137 Å². The van der Waals surface area contributed by atoms with Crippen molar-refractivity contribution in [2.24, 2.45) is 0 Å². The molecular weight excluding hydrogens is 383 g/mol. The molecule has 1 aliphatic heterocycles. The highest BCUT2D eigenvalue weighted by molar-refractivity contribution is 5.82. The Bertz CT molecular complexity index is 595. The van der Waals surface area contributed by atoms with E-state index in [9.17, 15) is 37.5 Å². The number of aliphatic hydroxyl groups is 1. The Morgan fingerprint density at radius 2 is 1.52 bits per heavy atom. The second-order valence-corrected chi connectivity index (χ2v) is 5.51. The minimum absolute atomic E-state index is 0.567. The number of rotatable bonds is 5. The van der Waals surface area contributed by atoms with E-state index in [0.717, 1.165) is 20.8 Å². The van der Waals surface area contributed by atoms with Crippen LogP contribution < -0.4 is 5.32 Å². The Hall–Kier alpha value is -2.41. The molecule has 1 fully saturated rings. The molecule has 154 valence electrons. The van der Waals surface area contributed by atoms with Gasteiger partial charge in [0.1, 0.15) is 18.8 Å². The van der Waals surface area contributed by atoms with E-state index in [-0.39, 0.29) is 0 Å². The Labute approximate surface area is 150 Å². The number of alkyl halides is 3. The maximum absolute atomic E-state index is 12.5. The second-order valence-electron chi connectivity index (χ2n) is 5.51. The number of carbonyl (C=O) groups is 4. The Morgan fingerprint density at radius 1 is 1.00 bits per heavy atom. The molecule has 2 unspecified atom stereocenters. The van der Waals surface area contributed by atoms with E-state index in [1.807, 2.05) is 0 Å². The highest BCUT2D eigenvalue weighted by atomic mass is 19.4. The molecule has 1 heterocycles. The third-order valence-electron chi connectivity index (χ3n) is 3.28. The lowest BCUT2D eigenvalue weighted by Crippen LogP contribution is -2.67. The maximum Gasteiger partial charge on any atom is 0.471 e. The van der Waals surface area contributed by atoms with Gasteiger partial charge in [0.25, 0.3) is 0 Å². The molecule has 13 heteroatoms. The van der Waals surface area contributed by atoms with Gasteiger partial charge in [-0.1, -0.05) is 0 Å². The van der Waals surface area contributed by atoms with Crippen molar-refractivity contribution < 1.29 is 56.4 Å². The third kappa shape index (κ3) is 6.67. The Kier molecular flexibility index (Phi) is 7.54. The van der Waals surface area contributed by atoms with Gasteiger partial charge in [-0.3, -0.25) is 19.2 Å². The molecular formula is C14H18F3NO9. The molecule has 0 aromatic heterocycles. The molecule has 10 nitrogen and oxygen atoms in total. The smallest absolute Gasteiger partial charge is 0.463 e. The van der Waals surface area contributed by atoms with Crippen molar-refractivity contribution in [3.8, 4) is 0 Å². The molecule has 1 amide bonds. The zero-order chi connectivity index (χ0) is 20.9. The number of esters is 3. The fraction of sp³-hybridized carbons (Fsp3) is 0.714. The molecule has 0 saturated carbocycles. The summed E-state index contributed by atoms with van der Waals surface area (Å²) in [5, 5.41) is 11.4. The van der Waals surface area contributed by atoms with Crippen LogP contribution in [0, 0.1) is 0 Å². The average molecular weight is 401 g/mol. The normalized spacial score (nSPS) is 28.0. The SMILES string of the molecule is CC(=O)OCC1O[C@H](O)C(NC(=O)C(F)(F)F)[C@H](OC(C)=O)[C@H]1OC(C)=O. The van der Waals surface area contributed by atoms with Crippen LogP contribution in [0.15, 0.2) is 0 Å². The summed E-state index contributed by atoms with van der Waals surface area (Å²) in [7, 11) is 0. The molecule has 0 aromatic carbocycles. The van der Waals surface area contributed by atoms with Crippen LogP contribution in [-0.4, -0.2) is 72.3 Å². The number of amides is 1. The number of aliphatic hydroxyl groups excluding tert-OH is 1. The summed E-state index contributed by atoms with van der Waals surface area (Å²) < 4.78 is 57.1. The third-order valence-corrected chi connectivity index (χ3v) is 3.28. The van der Waals surface area contributed by atoms with E-state index >= 15 is 0 Å². The average Bonchev–Trinajstić information content (AvgIpc) is 2.49. The van der Waals surface area contributed by atoms with Gasteiger partial charge in [0, 0.05) is 20.8 Å². The minimum atomic E-state index is -5.30. The van der Waals surface area contributed by atoms with Gasteiger partial charge in [-0.2, -0.15) is 13.2 Å². The van der Waals surface area contributed by atoms with Crippen molar-refractivity contribution in [2.45, 2.75) is 57.6 Å². The molecule has 1 rings (SSSR count). The summed E-state index contributed by atoms with van der Waals surface area (Å²) in [6, 6.07) is -1.92. The summed E-state index contributed by atoms with van der Waals surface area (Å²) in [5.74, 6) is -5.12. The molecule has 0 bridgehead atoms. The molecule has 5 atom stereocenters. The van der Waals surface area contributed by atoms with Crippen molar-refractivity contribution in [2.75, 3.05) is 6.61 Å². The molecule has 27 heavy (non-hydrogen) atoms. The number of hydrogen-bond acceptors (Lipinski definition) is 9. The lowest BCUT2D eigenvalue weighted by molar-refractivity contribution is -0.266. The van der Waals surface area contributed by atoms with Crippen LogP contribution in [0.25, 0.3) is 0 Å². The summed E-state index contributed by atoms with van der Waals surface area (Å²) in [5.41, 5.74) is 0. The van der Waals surface area contributed by atoms with E-state index in [1.54, 1.807) is 0 Å². The first-order chi connectivity index (χ1) is 12.3. The van der Waals surface area contributed by atoms with E-state index in [0.29, 0.717) is 0 Å². The second kappa shape index (κ2) is 8.99. The van der Waals surface area contributed by atoms with Crippen LogP contribution in [0.2, 0.25) is 0 Å². The quantitative estimate of drug-likeness (QED) is 0.447. The van der Waals surface area contributed by atoms with Gasteiger partial charge in [-0.05, 0) is 0 Å². The summed E-state index contributed by atoms with van der Waals surface area (Å²) in [6.07, 6.45) is -12.1. The van der Waals surface area contributed by atoms with Gasteiger partial charge < -0.3 is 29.4 Å². The van der Waals surface area contributed by atoms with Gasteiger partial charge >= 0.3 is 30.0 Å². The number of carbonyl (C=O) groups excluding carboxylic acids is 4. The van der Waals surface area contributed by atoms with Crippen LogP contribution in [0.5, 0.6) is 0 Å². The highest BCUT2D eigenvalue weighted by Gasteiger charge is 2.52. The monoisotopic (exact) mass is 401 g/mol. The zero-order valence-corrected chi connectivity index (χ0v) is 14.4. The lowest BCUT2D eigenvalue weighted by Gasteiger charge is -2.43. The molecule has 0 radical (unpaired) electrons. The first-order valence-corrected chi connectivity index (χ1v) is 7.52.